The number of rotatable bonds is 17. The lowest BCUT2D eigenvalue weighted by Crippen LogP contribution is -2.69. The average molecular weight is 882 g/mol. The molecule has 2 N–H and O–H groups in total. The summed E-state index contributed by atoms with van der Waals surface area (Å²) in [4.78, 5) is 42.1. The fourth-order valence-corrected chi connectivity index (χ4v) is 9.76. The molecule has 0 amide bonds. The first kappa shape index (κ1) is 45.2. The summed E-state index contributed by atoms with van der Waals surface area (Å²) in [5.74, 6) is 1.33. The van der Waals surface area contributed by atoms with E-state index in [2.05, 4.69) is 26.9 Å². The van der Waals surface area contributed by atoms with Gasteiger partial charge in [-0.25, -0.2) is 18.8 Å². The number of fused-ring (bicyclic) bond motifs is 3. The van der Waals surface area contributed by atoms with E-state index in [0.29, 0.717) is 72.2 Å². The number of hydrogen-bond donors (Lipinski definition) is 2. The number of piperazine rings is 1. The van der Waals surface area contributed by atoms with Gasteiger partial charge in [-0.2, -0.15) is 9.97 Å². The molecule has 4 saturated heterocycles. The van der Waals surface area contributed by atoms with Crippen molar-refractivity contribution in [3.63, 3.8) is 0 Å². The summed E-state index contributed by atoms with van der Waals surface area (Å²) in [5.41, 5.74) is 4.70. The van der Waals surface area contributed by atoms with Crippen LogP contribution in [-0.2, 0) is 20.8 Å². The van der Waals surface area contributed by atoms with Crippen LogP contribution in [0.25, 0.3) is 11.3 Å². The average Bonchev–Trinajstić information content (AvgIpc) is 3.82. The highest BCUT2D eigenvalue weighted by Crippen LogP contribution is 2.46. The Kier molecular flexibility index (Phi) is 13.4. The molecule has 5 aliphatic rings. The van der Waals surface area contributed by atoms with Crippen LogP contribution < -0.4 is 20.1 Å². The maximum atomic E-state index is 15.3. The van der Waals surface area contributed by atoms with E-state index in [1.165, 1.54) is 18.2 Å². The van der Waals surface area contributed by atoms with Crippen LogP contribution in [0.2, 0.25) is 0 Å². The SMILES string of the molecule is COCCN1CC2CC(C1)N2c1nc(N2CC(Nc3cccc(-c4cc(F)cc(N=C(C)C(C)CC(CN(C)C)OC)c4C)n3)CC2C=O)c2c(n1)N(c1ccc(F)cc1O)N(C)C2. The minimum atomic E-state index is -0.545. The molecule has 0 saturated carbocycles. The molecule has 9 rings (SSSR count). The molecule has 17 heteroatoms. The van der Waals surface area contributed by atoms with Crippen molar-refractivity contribution in [3.8, 4) is 17.0 Å². The maximum absolute atomic E-state index is 15.3. The van der Waals surface area contributed by atoms with E-state index >= 15 is 4.39 Å². The highest BCUT2D eigenvalue weighted by atomic mass is 19.1. The number of likely N-dealkylation sites (N-methyl/N-ethyl adjacent to an activating group) is 1. The van der Waals surface area contributed by atoms with Crippen LogP contribution in [0.3, 0.4) is 0 Å². The number of phenolic OH excluding ortho intramolecular Hbond substituents is 1. The molecular formula is C47H61F2N11O4. The zero-order valence-electron chi connectivity index (χ0n) is 38.1. The van der Waals surface area contributed by atoms with Gasteiger partial charge in [0.25, 0.3) is 0 Å². The number of phenols is 1. The van der Waals surface area contributed by atoms with Gasteiger partial charge in [0.2, 0.25) is 5.95 Å². The Morgan fingerprint density at radius 3 is 2.50 bits per heavy atom. The molecule has 2 bridgehead atoms. The maximum Gasteiger partial charge on any atom is 0.229 e. The van der Waals surface area contributed by atoms with E-state index in [1.807, 2.05) is 63.1 Å². The van der Waals surface area contributed by atoms with Crippen molar-refractivity contribution in [1.82, 2.24) is 29.8 Å². The van der Waals surface area contributed by atoms with Gasteiger partial charge in [0, 0.05) is 89.5 Å². The molecule has 2 aromatic heterocycles. The van der Waals surface area contributed by atoms with Crippen LogP contribution in [0, 0.1) is 24.5 Å². The number of hydrogen-bond acceptors (Lipinski definition) is 15. The zero-order chi connectivity index (χ0) is 45.4. The van der Waals surface area contributed by atoms with Gasteiger partial charge in [0.1, 0.15) is 41.0 Å². The molecule has 7 heterocycles. The number of halogens is 2. The van der Waals surface area contributed by atoms with E-state index in [1.54, 1.807) is 25.3 Å². The number of aromatic hydroxyl groups is 1. The number of carbonyl (C=O) groups excluding carboxylic acids is 1. The van der Waals surface area contributed by atoms with Crippen LogP contribution in [-0.4, -0.2) is 152 Å². The first-order valence-corrected chi connectivity index (χ1v) is 22.1. The summed E-state index contributed by atoms with van der Waals surface area (Å²) in [7, 11) is 9.36. The summed E-state index contributed by atoms with van der Waals surface area (Å²) in [6.45, 7) is 10.9. The second kappa shape index (κ2) is 19.0. The second-order valence-electron chi connectivity index (χ2n) is 18.1. The zero-order valence-corrected chi connectivity index (χ0v) is 38.1. The third-order valence-corrected chi connectivity index (χ3v) is 13.2. The molecule has 5 aliphatic heterocycles. The number of nitrogens with one attached hydrogen (secondary N) is 1. The Bertz CT molecular complexity index is 2360. The predicted molar refractivity (Wildman–Crippen MR) is 246 cm³/mol. The van der Waals surface area contributed by atoms with Crippen LogP contribution in [0.4, 0.5) is 43.6 Å². The van der Waals surface area contributed by atoms with Crippen molar-refractivity contribution < 1.29 is 28.2 Å². The van der Waals surface area contributed by atoms with Crippen molar-refractivity contribution in [1.29, 1.82) is 0 Å². The summed E-state index contributed by atoms with van der Waals surface area (Å²) in [6, 6.07) is 12.3. The third kappa shape index (κ3) is 9.27. The predicted octanol–water partition coefficient (Wildman–Crippen LogP) is 6.19. The number of aldehydes is 1. The number of aromatic nitrogens is 3. The van der Waals surface area contributed by atoms with Crippen molar-refractivity contribution in [2.24, 2.45) is 10.9 Å². The number of aliphatic imine (C=N–C) groups is 1. The largest absolute Gasteiger partial charge is 0.506 e. The van der Waals surface area contributed by atoms with Gasteiger partial charge >= 0.3 is 0 Å². The highest BCUT2D eigenvalue weighted by molar-refractivity contribution is 5.88. The third-order valence-electron chi connectivity index (χ3n) is 13.2. The number of ether oxygens (including phenoxy) is 2. The van der Waals surface area contributed by atoms with Crippen molar-refractivity contribution in [2.75, 3.05) is 94.8 Å². The first-order chi connectivity index (χ1) is 30.7. The molecule has 64 heavy (non-hydrogen) atoms. The fraction of sp³-hybridized carbons (Fsp3) is 0.511. The van der Waals surface area contributed by atoms with Gasteiger partial charge < -0.3 is 39.4 Å². The Labute approximate surface area is 374 Å². The molecule has 2 aromatic carbocycles. The minimum Gasteiger partial charge on any atom is -0.506 e. The van der Waals surface area contributed by atoms with Crippen LogP contribution in [0.1, 0.15) is 44.2 Å². The number of carbonyl (C=O) groups is 1. The summed E-state index contributed by atoms with van der Waals surface area (Å²) >= 11 is 0. The normalized spacial score (nSPS) is 22.2. The molecule has 4 fully saturated rings. The van der Waals surface area contributed by atoms with E-state index in [9.17, 15) is 14.3 Å². The quantitative estimate of drug-likeness (QED) is 0.0921. The second-order valence-corrected chi connectivity index (χ2v) is 18.1. The van der Waals surface area contributed by atoms with E-state index < -0.39 is 17.7 Å². The standard InChI is InChI=1S/C47H61F2N11O4/c1-28(16-37(64-8)25-55(4)5)30(3)50-41-18-32(49)17-38(29(41)2)40-10-9-11-44(52-40)51-33-20-36(27-61)58(22-33)45-39-26-56(6)60(42-13-12-31(48)19-43(42)62)46(39)54-47(53-45)59-34-21-35(59)24-57(23-34)14-15-63-7/h9-13,17-19,27-28,33-37,62H,14-16,20-26H2,1-8H3,(H,51,52). The highest BCUT2D eigenvalue weighted by Gasteiger charge is 2.48. The monoisotopic (exact) mass is 881 g/mol. The van der Waals surface area contributed by atoms with Gasteiger partial charge in [0.05, 0.1) is 42.2 Å². The van der Waals surface area contributed by atoms with Crippen molar-refractivity contribution in [3.05, 3.63) is 71.3 Å². The molecule has 6 atom stereocenters. The molecule has 15 nitrogen and oxygen atoms in total. The lowest BCUT2D eigenvalue weighted by molar-refractivity contribution is -0.108. The van der Waals surface area contributed by atoms with Gasteiger partial charge in [-0.15, -0.1) is 0 Å². The number of piperidine rings is 1. The molecule has 0 radical (unpaired) electrons. The van der Waals surface area contributed by atoms with Crippen LogP contribution in [0.5, 0.6) is 5.75 Å². The Morgan fingerprint density at radius 2 is 1.80 bits per heavy atom. The smallest absolute Gasteiger partial charge is 0.229 e. The molecule has 0 spiro atoms. The summed E-state index contributed by atoms with van der Waals surface area (Å²) in [5, 5.41) is 18.3. The number of methoxy groups -OCH3 is 2. The topological polar surface area (TPSA) is 138 Å². The fourth-order valence-electron chi connectivity index (χ4n) is 9.76. The summed E-state index contributed by atoms with van der Waals surface area (Å²) < 4.78 is 40.6. The van der Waals surface area contributed by atoms with E-state index in [0.717, 1.165) is 68.2 Å². The summed E-state index contributed by atoms with van der Waals surface area (Å²) in [6.07, 6.45) is 3.31. The van der Waals surface area contributed by atoms with Crippen LogP contribution in [0.15, 0.2) is 53.5 Å². The van der Waals surface area contributed by atoms with Gasteiger partial charge in [-0.05, 0) is 95.1 Å². The molecule has 0 aliphatic carbocycles. The lowest BCUT2D eigenvalue weighted by Gasteiger charge is -2.56. The first-order valence-electron chi connectivity index (χ1n) is 22.1. The Morgan fingerprint density at radius 1 is 1.03 bits per heavy atom. The Hall–Kier alpha value is -5.33. The minimum absolute atomic E-state index is 0.0468. The van der Waals surface area contributed by atoms with Gasteiger partial charge in [-0.3, -0.25) is 14.9 Å². The molecule has 6 unspecified atom stereocenters. The number of hydrazine groups is 1. The van der Waals surface area contributed by atoms with Gasteiger partial charge in [0.15, 0.2) is 5.82 Å². The van der Waals surface area contributed by atoms with Crippen molar-refractivity contribution >= 4 is 46.8 Å². The molecule has 342 valence electrons. The molecular weight excluding hydrogens is 821 g/mol. The van der Waals surface area contributed by atoms with Crippen molar-refractivity contribution in [2.45, 2.75) is 76.8 Å². The number of benzene rings is 2. The molecule has 4 aromatic rings. The number of pyridine rings is 1. The van der Waals surface area contributed by atoms with E-state index in [-0.39, 0.29) is 35.9 Å². The van der Waals surface area contributed by atoms with E-state index in [4.69, 9.17) is 29.4 Å². The van der Waals surface area contributed by atoms with Gasteiger partial charge in [-0.1, -0.05) is 13.0 Å². The lowest BCUT2D eigenvalue weighted by atomic mass is 9.88. The Balaban J connectivity index is 1.06. The number of anilines is 5. The number of nitrogens with zero attached hydrogens (tertiary/aromatic N) is 10. The van der Waals surface area contributed by atoms with Crippen LogP contribution >= 0.6 is 0 Å².